The Labute approximate surface area is 93.0 Å². The second-order valence-electron chi connectivity index (χ2n) is 4.18. The van der Waals surface area contributed by atoms with Crippen LogP contribution in [0.2, 0.25) is 5.02 Å². The number of rotatable bonds is 3. The predicted octanol–water partition coefficient (Wildman–Crippen LogP) is 2.88. The molecule has 0 amide bonds. The van der Waals surface area contributed by atoms with E-state index in [0.717, 1.165) is 28.5 Å². The maximum atomic E-state index is 5.89. The Morgan fingerprint density at radius 1 is 1.40 bits per heavy atom. The first-order valence-corrected chi connectivity index (χ1v) is 5.69. The summed E-state index contributed by atoms with van der Waals surface area (Å²) in [5, 5.41) is 8.97. The van der Waals surface area contributed by atoms with E-state index >= 15 is 0 Å². The summed E-state index contributed by atoms with van der Waals surface area (Å²) in [6.07, 6.45) is 4.00. The first-order valence-electron chi connectivity index (χ1n) is 5.32. The van der Waals surface area contributed by atoms with Crippen LogP contribution in [-0.2, 0) is 6.54 Å². The third-order valence-corrected chi connectivity index (χ3v) is 3.16. The van der Waals surface area contributed by atoms with Crippen LogP contribution in [0.1, 0.15) is 19.3 Å². The van der Waals surface area contributed by atoms with Gasteiger partial charge in [0.1, 0.15) is 5.52 Å². The maximum Gasteiger partial charge on any atom is 0.114 e. The molecular weight excluding hydrogens is 210 g/mol. The molecule has 4 heteroatoms. The second-order valence-corrected chi connectivity index (χ2v) is 4.61. The van der Waals surface area contributed by atoms with Crippen molar-refractivity contribution >= 4 is 22.6 Å². The van der Waals surface area contributed by atoms with E-state index in [9.17, 15) is 0 Å². The van der Waals surface area contributed by atoms with Gasteiger partial charge in [-0.2, -0.15) is 0 Å². The zero-order valence-corrected chi connectivity index (χ0v) is 9.11. The van der Waals surface area contributed by atoms with Gasteiger partial charge in [-0.05, 0) is 30.5 Å². The van der Waals surface area contributed by atoms with E-state index in [-0.39, 0.29) is 0 Å². The highest BCUT2D eigenvalue weighted by atomic mass is 35.5. The summed E-state index contributed by atoms with van der Waals surface area (Å²) in [5.41, 5.74) is 1.97. The molecule has 0 bridgehead atoms. The van der Waals surface area contributed by atoms with Crippen molar-refractivity contribution in [3.8, 4) is 0 Å². The molecule has 1 heterocycles. The van der Waals surface area contributed by atoms with Crippen LogP contribution in [0.25, 0.3) is 11.0 Å². The lowest BCUT2D eigenvalue weighted by atomic mass is 10.3. The van der Waals surface area contributed by atoms with Crippen LogP contribution >= 0.6 is 11.6 Å². The lowest BCUT2D eigenvalue weighted by molar-refractivity contribution is 0.544. The van der Waals surface area contributed by atoms with Gasteiger partial charge in [0.15, 0.2) is 0 Å². The summed E-state index contributed by atoms with van der Waals surface area (Å²) in [7, 11) is 0. The number of halogens is 1. The van der Waals surface area contributed by atoms with Crippen molar-refractivity contribution in [1.29, 1.82) is 0 Å². The molecule has 0 aliphatic heterocycles. The molecule has 1 aromatic carbocycles. The monoisotopic (exact) mass is 221 g/mol. The Morgan fingerprint density at radius 2 is 2.27 bits per heavy atom. The first kappa shape index (κ1) is 9.16. The molecule has 15 heavy (non-hydrogen) atoms. The maximum absolute atomic E-state index is 5.89. The zero-order valence-electron chi connectivity index (χ0n) is 8.36. The fourth-order valence-corrected chi connectivity index (χ4v) is 1.99. The van der Waals surface area contributed by atoms with Gasteiger partial charge >= 0.3 is 0 Å². The summed E-state index contributed by atoms with van der Waals surface area (Å²) in [6.45, 7) is 0.975. The van der Waals surface area contributed by atoms with Crippen LogP contribution in [0, 0.1) is 5.92 Å². The fraction of sp³-hybridized carbons (Fsp3) is 0.455. The molecule has 2 aromatic rings. The SMILES string of the molecule is Clc1ccc2c(c1)nnn2CCC1CC1. The molecule has 1 fully saturated rings. The number of benzene rings is 1. The van der Waals surface area contributed by atoms with E-state index in [1.165, 1.54) is 19.3 Å². The average molecular weight is 222 g/mol. The van der Waals surface area contributed by atoms with Crippen molar-refractivity contribution in [3.05, 3.63) is 23.2 Å². The number of hydrogen-bond donors (Lipinski definition) is 0. The molecule has 1 aliphatic rings. The standard InChI is InChI=1S/C11H12ClN3/c12-9-3-4-11-10(7-9)13-14-15(11)6-5-8-1-2-8/h3-4,7-8H,1-2,5-6H2. The van der Waals surface area contributed by atoms with Gasteiger partial charge in [0.05, 0.1) is 5.52 Å². The highest BCUT2D eigenvalue weighted by molar-refractivity contribution is 6.31. The van der Waals surface area contributed by atoms with E-state index in [4.69, 9.17) is 11.6 Å². The predicted molar refractivity (Wildman–Crippen MR) is 59.9 cm³/mol. The summed E-state index contributed by atoms with van der Waals surface area (Å²) < 4.78 is 1.98. The number of aromatic nitrogens is 3. The molecule has 0 radical (unpaired) electrons. The van der Waals surface area contributed by atoms with Crippen LogP contribution in [-0.4, -0.2) is 15.0 Å². The molecule has 0 unspecified atom stereocenters. The molecular formula is C11H12ClN3. The third kappa shape index (κ3) is 1.84. The minimum atomic E-state index is 0.719. The summed E-state index contributed by atoms with van der Waals surface area (Å²) in [5.74, 6) is 0.927. The second kappa shape index (κ2) is 3.49. The Morgan fingerprint density at radius 3 is 3.07 bits per heavy atom. The molecule has 0 saturated heterocycles. The summed E-state index contributed by atoms with van der Waals surface area (Å²) in [4.78, 5) is 0. The molecule has 1 aliphatic carbocycles. The van der Waals surface area contributed by atoms with Gasteiger partial charge in [-0.3, -0.25) is 0 Å². The minimum absolute atomic E-state index is 0.719. The van der Waals surface area contributed by atoms with E-state index in [1.54, 1.807) is 0 Å². The van der Waals surface area contributed by atoms with Crippen molar-refractivity contribution in [2.45, 2.75) is 25.8 Å². The van der Waals surface area contributed by atoms with Crippen molar-refractivity contribution in [1.82, 2.24) is 15.0 Å². The normalized spacial score (nSPS) is 16.1. The topological polar surface area (TPSA) is 30.7 Å². The van der Waals surface area contributed by atoms with Gasteiger partial charge in [0, 0.05) is 11.6 Å². The van der Waals surface area contributed by atoms with Crippen molar-refractivity contribution < 1.29 is 0 Å². The van der Waals surface area contributed by atoms with Crippen LogP contribution in [0.4, 0.5) is 0 Å². The van der Waals surface area contributed by atoms with Gasteiger partial charge in [0.2, 0.25) is 0 Å². The molecule has 1 aromatic heterocycles. The number of hydrogen-bond acceptors (Lipinski definition) is 2. The fourth-order valence-electron chi connectivity index (χ4n) is 1.82. The highest BCUT2D eigenvalue weighted by Gasteiger charge is 2.21. The van der Waals surface area contributed by atoms with Gasteiger partial charge in [0.25, 0.3) is 0 Å². The molecule has 3 nitrogen and oxygen atoms in total. The summed E-state index contributed by atoms with van der Waals surface area (Å²) in [6, 6.07) is 5.74. The summed E-state index contributed by atoms with van der Waals surface area (Å²) >= 11 is 5.89. The highest BCUT2D eigenvalue weighted by Crippen LogP contribution is 2.32. The van der Waals surface area contributed by atoms with Crippen LogP contribution in [0.3, 0.4) is 0 Å². The molecule has 0 N–H and O–H groups in total. The number of fused-ring (bicyclic) bond motifs is 1. The van der Waals surface area contributed by atoms with E-state index in [2.05, 4.69) is 10.3 Å². The van der Waals surface area contributed by atoms with Crippen LogP contribution in [0.5, 0.6) is 0 Å². The smallest absolute Gasteiger partial charge is 0.114 e. The molecule has 0 spiro atoms. The lowest BCUT2D eigenvalue weighted by Gasteiger charge is -2.00. The van der Waals surface area contributed by atoms with Crippen LogP contribution < -0.4 is 0 Å². The van der Waals surface area contributed by atoms with E-state index in [1.807, 2.05) is 22.9 Å². The Hall–Kier alpha value is -1.09. The molecule has 3 rings (SSSR count). The number of nitrogens with zero attached hydrogens (tertiary/aromatic N) is 3. The van der Waals surface area contributed by atoms with Crippen molar-refractivity contribution in [2.75, 3.05) is 0 Å². The van der Waals surface area contributed by atoms with Crippen LogP contribution in [0.15, 0.2) is 18.2 Å². The lowest BCUT2D eigenvalue weighted by Crippen LogP contribution is -2.00. The minimum Gasteiger partial charge on any atom is -0.245 e. The molecule has 1 saturated carbocycles. The molecule has 0 atom stereocenters. The Bertz CT molecular complexity index is 488. The Kier molecular flexibility index (Phi) is 2.13. The molecule has 78 valence electrons. The van der Waals surface area contributed by atoms with Gasteiger partial charge in [-0.15, -0.1) is 5.10 Å². The average Bonchev–Trinajstić information content (AvgIpc) is 2.97. The van der Waals surface area contributed by atoms with E-state index < -0.39 is 0 Å². The van der Waals surface area contributed by atoms with Crippen molar-refractivity contribution in [2.24, 2.45) is 5.92 Å². The third-order valence-electron chi connectivity index (χ3n) is 2.92. The van der Waals surface area contributed by atoms with E-state index in [0.29, 0.717) is 0 Å². The van der Waals surface area contributed by atoms with Gasteiger partial charge < -0.3 is 0 Å². The zero-order chi connectivity index (χ0) is 10.3. The largest absolute Gasteiger partial charge is 0.245 e. The Balaban J connectivity index is 1.89. The quantitative estimate of drug-likeness (QED) is 0.798. The number of aryl methyl sites for hydroxylation is 1. The first-order chi connectivity index (χ1) is 7.33. The van der Waals surface area contributed by atoms with Gasteiger partial charge in [-0.1, -0.05) is 29.7 Å². The van der Waals surface area contributed by atoms with Gasteiger partial charge in [-0.25, -0.2) is 4.68 Å². The van der Waals surface area contributed by atoms with Crippen molar-refractivity contribution in [3.63, 3.8) is 0 Å².